The predicted octanol–water partition coefficient (Wildman–Crippen LogP) is 2.45. The zero-order chi connectivity index (χ0) is 12.1. The van der Waals surface area contributed by atoms with Crippen molar-refractivity contribution >= 4 is 0 Å². The van der Waals surface area contributed by atoms with Crippen molar-refractivity contribution in [2.75, 3.05) is 0 Å². The lowest BCUT2D eigenvalue weighted by molar-refractivity contribution is 0.167. The number of aliphatic hydroxyl groups is 1. The Morgan fingerprint density at radius 1 is 1.18 bits per heavy atom. The summed E-state index contributed by atoms with van der Waals surface area (Å²) in [6.07, 6.45) is 6.39. The maximum absolute atomic E-state index is 10.0. The van der Waals surface area contributed by atoms with Gasteiger partial charge in [-0.3, -0.25) is 9.97 Å². The summed E-state index contributed by atoms with van der Waals surface area (Å²) in [6.45, 7) is 1.94. The van der Waals surface area contributed by atoms with Gasteiger partial charge in [0.2, 0.25) is 0 Å². The van der Waals surface area contributed by atoms with Gasteiger partial charge in [-0.05, 0) is 49.1 Å². The number of rotatable bonds is 4. The normalized spacial score (nSPS) is 12.4. The van der Waals surface area contributed by atoms with Crippen LogP contribution in [-0.2, 0) is 6.42 Å². The molecule has 1 atom stereocenters. The Morgan fingerprint density at radius 3 is 2.59 bits per heavy atom. The van der Waals surface area contributed by atoms with Gasteiger partial charge in [0.25, 0.3) is 0 Å². The second-order valence-electron chi connectivity index (χ2n) is 4.14. The summed E-state index contributed by atoms with van der Waals surface area (Å²) in [5.41, 5.74) is 3.04. The van der Waals surface area contributed by atoms with Crippen molar-refractivity contribution < 1.29 is 5.11 Å². The summed E-state index contributed by atoms with van der Waals surface area (Å²) in [5.74, 6) is 0. The minimum atomic E-state index is -0.448. The van der Waals surface area contributed by atoms with E-state index in [4.69, 9.17) is 0 Å². The van der Waals surface area contributed by atoms with Gasteiger partial charge in [-0.2, -0.15) is 0 Å². The van der Waals surface area contributed by atoms with Crippen LogP contribution < -0.4 is 0 Å². The fourth-order valence-corrected chi connectivity index (χ4v) is 1.70. The van der Waals surface area contributed by atoms with Gasteiger partial charge in [-0.1, -0.05) is 6.07 Å². The lowest BCUT2D eigenvalue weighted by atomic mass is 10.0. The number of aromatic nitrogens is 2. The van der Waals surface area contributed by atoms with Gasteiger partial charge in [-0.15, -0.1) is 0 Å². The molecule has 0 radical (unpaired) electrons. The van der Waals surface area contributed by atoms with Crippen LogP contribution in [0.1, 0.15) is 29.3 Å². The smallest absolute Gasteiger partial charge is 0.0808 e. The van der Waals surface area contributed by atoms with E-state index in [0.717, 1.165) is 17.7 Å². The molecule has 1 N–H and O–H groups in total. The fraction of sp³-hybridized carbons (Fsp3) is 0.286. The van der Waals surface area contributed by atoms with Gasteiger partial charge in [0.15, 0.2) is 0 Å². The topological polar surface area (TPSA) is 46.0 Å². The Balaban J connectivity index is 1.93. The van der Waals surface area contributed by atoms with Crippen molar-refractivity contribution in [3.63, 3.8) is 0 Å². The Bertz CT molecular complexity index is 453. The first-order valence-corrected chi connectivity index (χ1v) is 5.75. The van der Waals surface area contributed by atoms with Crippen molar-refractivity contribution in [2.24, 2.45) is 0 Å². The molecule has 0 aliphatic rings. The van der Waals surface area contributed by atoms with Gasteiger partial charge in [0.1, 0.15) is 0 Å². The van der Waals surface area contributed by atoms with Crippen LogP contribution in [-0.4, -0.2) is 15.1 Å². The second-order valence-corrected chi connectivity index (χ2v) is 4.14. The SMILES string of the molecule is Cc1ccc(C(O)CCc2ccncc2)cn1. The Morgan fingerprint density at radius 2 is 1.94 bits per heavy atom. The lowest BCUT2D eigenvalue weighted by Gasteiger charge is -2.10. The molecule has 0 spiro atoms. The summed E-state index contributed by atoms with van der Waals surface area (Å²) in [7, 11) is 0. The van der Waals surface area contributed by atoms with Crippen molar-refractivity contribution in [1.82, 2.24) is 9.97 Å². The fourth-order valence-electron chi connectivity index (χ4n) is 1.70. The summed E-state index contributed by atoms with van der Waals surface area (Å²) in [4.78, 5) is 8.15. The summed E-state index contributed by atoms with van der Waals surface area (Å²) < 4.78 is 0. The van der Waals surface area contributed by atoms with Gasteiger partial charge in [0, 0.05) is 24.3 Å². The van der Waals surface area contributed by atoms with Gasteiger partial charge in [0.05, 0.1) is 6.10 Å². The molecule has 2 aromatic heterocycles. The molecule has 0 aliphatic carbocycles. The highest BCUT2D eigenvalue weighted by atomic mass is 16.3. The number of nitrogens with zero attached hydrogens (tertiary/aromatic N) is 2. The van der Waals surface area contributed by atoms with Gasteiger partial charge in [-0.25, -0.2) is 0 Å². The van der Waals surface area contributed by atoms with Crippen molar-refractivity contribution in [3.05, 3.63) is 59.7 Å². The number of aliphatic hydroxyl groups excluding tert-OH is 1. The Labute approximate surface area is 101 Å². The van der Waals surface area contributed by atoms with Crippen LogP contribution in [0.2, 0.25) is 0 Å². The number of hydrogen-bond donors (Lipinski definition) is 1. The van der Waals surface area contributed by atoms with Crippen LogP contribution in [0.15, 0.2) is 42.9 Å². The summed E-state index contributed by atoms with van der Waals surface area (Å²) in [5, 5.41) is 10.0. The molecule has 1 unspecified atom stereocenters. The molecule has 3 nitrogen and oxygen atoms in total. The third kappa shape index (κ3) is 3.36. The first-order chi connectivity index (χ1) is 8.25. The van der Waals surface area contributed by atoms with Gasteiger partial charge < -0.3 is 5.11 Å². The van der Waals surface area contributed by atoms with Crippen molar-refractivity contribution in [3.8, 4) is 0 Å². The second kappa shape index (κ2) is 5.55. The molecule has 2 heterocycles. The molecule has 2 rings (SSSR count). The molecular formula is C14H16N2O. The molecule has 17 heavy (non-hydrogen) atoms. The van der Waals surface area contributed by atoms with E-state index in [1.807, 2.05) is 31.2 Å². The molecule has 0 saturated heterocycles. The highest BCUT2D eigenvalue weighted by Gasteiger charge is 2.07. The Kier molecular flexibility index (Phi) is 3.83. The third-order valence-electron chi connectivity index (χ3n) is 2.77. The quantitative estimate of drug-likeness (QED) is 0.874. The molecule has 0 fully saturated rings. The average molecular weight is 228 g/mol. The van der Waals surface area contributed by atoms with E-state index in [9.17, 15) is 5.11 Å². The van der Waals surface area contributed by atoms with Gasteiger partial charge >= 0.3 is 0 Å². The molecule has 0 saturated carbocycles. The standard InChI is InChI=1S/C14H16N2O/c1-11-2-4-13(10-16-11)14(17)5-3-12-6-8-15-9-7-12/h2,4,6-10,14,17H,3,5H2,1H3. The van der Waals surface area contributed by atoms with Crippen LogP contribution in [0.3, 0.4) is 0 Å². The molecule has 3 heteroatoms. The first kappa shape index (κ1) is 11.7. The van der Waals surface area contributed by atoms with Crippen LogP contribution >= 0.6 is 0 Å². The summed E-state index contributed by atoms with van der Waals surface area (Å²) in [6, 6.07) is 7.80. The molecule has 0 aromatic carbocycles. The molecule has 0 bridgehead atoms. The maximum atomic E-state index is 10.0. The van der Waals surface area contributed by atoms with Crippen LogP contribution in [0, 0.1) is 6.92 Å². The van der Waals surface area contributed by atoms with E-state index >= 15 is 0 Å². The van der Waals surface area contributed by atoms with E-state index < -0.39 is 6.10 Å². The predicted molar refractivity (Wildman–Crippen MR) is 66.5 cm³/mol. The van der Waals surface area contributed by atoms with Crippen molar-refractivity contribution in [1.29, 1.82) is 0 Å². The first-order valence-electron chi connectivity index (χ1n) is 5.75. The molecule has 2 aromatic rings. The highest BCUT2D eigenvalue weighted by Crippen LogP contribution is 2.18. The monoisotopic (exact) mass is 228 g/mol. The lowest BCUT2D eigenvalue weighted by Crippen LogP contribution is -2.00. The minimum absolute atomic E-state index is 0.448. The maximum Gasteiger partial charge on any atom is 0.0808 e. The van der Waals surface area contributed by atoms with Crippen LogP contribution in [0.4, 0.5) is 0 Å². The van der Waals surface area contributed by atoms with E-state index in [2.05, 4.69) is 9.97 Å². The van der Waals surface area contributed by atoms with Crippen LogP contribution in [0.25, 0.3) is 0 Å². The van der Waals surface area contributed by atoms with Crippen molar-refractivity contribution in [2.45, 2.75) is 25.9 Å². The minimum Gasteiger partial charge on any atom is -0.388 e. The van der Waals surface area contributed by atoms with E-state index in [1.54, 1.807) is 18.6 Å². The van der Waals surface area contributed by atoms with E-state index in [1.165, 1.54) is 5.56 Å². The molecular weight excluding hydrogens is 212 g/mol. The van der Waals surface area contributed by atoms with E-state index in [-0.39, 0.29) is 0 Å². The summed E-state index contributed by atoms with van der Waals surface area (Å²) >= 11 is 0. The average Bonchev–Trinajstić information content (AvgIpc) is 2.38. The Hall–Kier alpha value is -1.74. The molecule has 0 amide bonds. The third-order valence-corrected chi connectivity index (χ3v) is 2.77. The zero-order valence-electron chi connectivity index (χ0n) is 9.87. The van der Waals surface area contributed by atoms with E-state index in [0.29, 0.717) is 6.42 Å². The number of aryl methyl sites for hydroxylation is 2. The number of pyridine rings is 2. The van der Waals surface area contributed by atoms with Crippen LogP contribution in [0.5, 0.6) is 0 Å². The highest BCUT2D eigenvalue weighted by molar-refractivity contribution is 5.17. The largest absolute Gasteiger partial charge is 0.388 e. The zero-order valence-corrected chi connectivity index (χ0v) is 9.87. The molecule has 88 valence electrons. The molecule has 0 aliphatic heterocycles. The number of hydrogen-bond acceptors (Lipinski definition) is 3.